The smallest absolute Gasteiger partial charge is 0.227 e. The van der Waals surface area contributed by atoms with Crippen LogP contribution in [0.25, 0.3) is 0 Å². The van der Waals surface area contributed by atoms with Gasteiger partial charge in [0.25, 0.3) is 0 Å². The van der Waals surface area contributed by atoms with Crippen LogP contribution in [0, 0.1) is 0 Å². The Kier molecular flexibility index (Phi) is 7.91. The summed E-state index contributed by atoms with van der Waals surface area (Å²) in [5.74, 6) is -0.261. The van der Waals surface area contributed by atoms with Crippen LogP contribution in [0.5, 0.6) is 0 Å². The molecule has 88 valence electrons. The Hall–Kier alpha value is -0.900. The summed E-state index contributed by atoms with van der Waals surface area (Å²) in [6, 6.07) is 0. The van der Waals surface area contributed by atoms with Gasteiger partial charge in [0.2, 0.25) is 5.91 Å². The highest BCUT2D eigenvalue weighted by Gasteiger charge is 2.05. The van der Waals surface area contributed by atoms with Gasteiger partial charge in [0, 0.05) is 13.1 Å². The topological polar surface area (TPSA) is 49.4 Å². The standard InChI is InChI=1S/C11H22N2O2/c1-4-7-13(5-2)8-6-12-11(15)9-10(3)14/h4-9H2,1-3H3,(H,12,15). The minimum absolute atomic E-state index is 0.0000965. The SMILES string of the molecule is CCCN(CC)CCNC(=O)CC(C)=O. The lowest BCUT2D eigenvalue weighted by Gasteiger charge is -2.19. The minimum Gasteiger partial charge on any atom is -0.354 e. The Balaban J connectivity index is 3.58. The van der Waals surface area contributed by atoms with E-state index in [9.17, 15) is 9.59 Å². The van der Waals surface area contributed by atoms with E-state index in [1.807, 2.05) is 0 Å². The molecule has 1 amide bonds. The zero-order chi connectivity index (χ0) is 11.7. The molecule has 0 unspecified atom stereocenters. The predicted molar refractivity (Wildman–Crippen MR) is 60.7 cm³/mol. The summed E-state index contributed by atoms with van der Waals surface area (Å²) in [6.07, 6.45) is 1.12. The second-order valence-electron chi connectivity index (χ2n) is 3.66. The van der Waals surface area contributed by atoms with E-state index in [4.69, 9.17) is 0 Å². The molecule has 1 N–H and O–H groups in total. The first-order valence-corrected chi connectivity index (χ1v) is 5.58. The van der Waals surface area contributed by atoms with Crippen molar-refractivity contribution >= 4 is 11.7 Å². The molecule has 0 aromatic rings. The molecule has 0 heterocycles. The Bertz CT molecular complexity index is 205. The molecule has 0 aliphatic heterocycles. The molecule has 0 aliphatic rings. The summed E-state index contributed by atoms with van der Waals surface area (Å²) in [5, 5.41) is 2.74. The van der Waals surface area contributed by atoms with Gasteiger partial charge in [-0.15, -0.1) is 0 Å². The number of amides is 1. The normalized spacial score (nSPS) is 10.4. The summed E-state index contributed by atoms with van der Waals surface area (Å²) < 4.78 is 0. The van der Waals surface area contributed by atoms with E-state index in [1.165, 1.54) is 6.92 Å². The number of carbonyl (C=O) groups excluding carboxylic acids is 2. The van der Waals surface area contributed by atoms with Crippen LogP contribution in [0.15, 0.2) is 0 Å². The van der Waals surface area contributed by atoms with Crippen molar-refractivity contribution in [3.8, 4) is 0 Å². The molecule has 0 aliphatic carbocycles. The molecule has 4 heteroatoms. The summed E-state index contributed by atoms with van der Waals surface area (Å²) in [6.45, 7) is 9.20. The van der Waals surface area contributed by atoms with Crippen molar-refractivity contribution in [2.75, 3.05) is 26.2 Å². The largest absolute Gasteiger partial charge is 0.354 e. The Morgan fingerprint density at radius 3 is 2.33 bits per heavy atom. The third-order valence-electron chi connectivity index (χ3n) is 2.15. The Labute approximate surface area is 92.0 Å². The number of rotatable bonds is 8. The zero-order valence-electron chi connectivity index (χ0n) is 10.0. The fourth-order valence-electron chi connectivity index (χ4n) is 1.39. The lowest BCUT2D eigenvalue weighted by Crippen LogP contribution is -2.35. The van der Waals surface area contributed by atoms with Crippen molar-refractivity contribution in [3.63, 3.8) is 0 Å². The van der Waals surface area contributed by atoms with E-state index in [1.54, 1.807) is 0 Å². The third-order valence-corrected chi connectivity index (χ3v) is 2.15. The number of nitrogens with zero attached hydrogens (tertiary/aromatic N) is 1. The van der Waals surface area contributed by atoms with E-state index in [2.05, 4.69) is 24.1 Å². The molecule has 0 aromatic carbocycles. The van der Waals surface area contributed by atoms with Crippen LogP contribution in [-0.2, 0) is 9.59 Å². The van der Waals surface area contributed by atoms with Gasteiger partial charge in [0.15, 0.2) is 0 Å². The van der Waals surface area contributed by atoms with Crippen LogP contribution in [0.3, 0.4) is 0 Å². The van der Waals surface area contributed by atoms with E-state index < -0.39 is 0 Å². The van der Waals surface area contributed by atoms with Gasteiger partial charge >= 0.3 is 0 Å². The van der Waals surface area contributed by atoms with Gasteiger partial charge in [0.1, 0.15) is 5.78 Å². The molecular formula is C11H22N2O2. The molecule has 4 nitrogen and oxygen atoms in total. The second-order valence-corrected chi connectivity index (χ2v) is 3.66. The Morgan fingerprint density at radius 2 is 1.87 bits per heavy atom. The van der Waals surface area contributed by atoms with Gasteiger partial charge in [-0.05, 0) is 26.4 Å². The highest BCUT2D eigenvalue weighted by molar-refractivity contribution is 5.96. The number of hydrogen-bond donors (Lipinski definition) is 1. The molecule has 0 fully saturated rings. The maximum absolute atomic E-state index is 11.1. The first-order chi connectivity index (χ1) is 7.10. The van der Waals surface area contributed by atoms with Crippen LogP contribution in [0.4, 0.5) is 0 Å². The van der Waals surface area contributed by atoms with Crippen molar-refractivity contribution in [1.82, 2.24) is 10.2 Å². The minimum atomic E-state index is -0.171. The van der Waals surface area contributed by atoms with Crippen molar-refractivity contribution in [1.29, 1.82) is 0 Å². The number of ketones is 1. The molecule has 0 saturated carbocycles. The van der Waals surface area contributed by atoms with Crippen LogP contribution < -0.4 is 5.32 Å². The zero-order valence-corrected chi connectivity index (χ0v) is 10.0. The van der Waals surface area contributed by atoms with Crippen molar-refractivity contribution in [3.05, 3.63) is 0 Å². The molecule has 0 saturated heterocycles. The average molecular weight is 214 g/mol. The number of hydrogen-bond acceptors (Lipinski definition) is 3. The van der Waals surface area contributed by atoms with E-state index in [-0.39, 0.29) is 18.1 Å². The molecular weight excluding hydrogens is 192 g/mol. The maximum atomic E-state index is 11.1. The van der Waals surface area contributed by atoms with Gasteiger partial charge in [-0.25, -0.2) is 0 Å². The first kappa shape index (κ1) is 14.1. The highest BCUT2D eigenvalue weighted by atomic mass is 16.2. The van der Waals surface area contributed by atoms with E-state index >= 15 is 0 Å². The summed E-state index contributed by atoms with van der Waals surface area (Å²) in [5.41, 5.74) is 0. The summed E-state index contributed by atoms with van der Waals surface area (Å²) in [7, 11) is 0. The molecule has 0 rings (SSSR count). The average Bonchev–Trinajstić information content (AvgIpc) is 2.15. The van der Waals surface area contributed by atoms with E-state index in [0.29, 0.717) is 6.54 Å². The number of nitrogens with one attached hydrogen (secondary N) is 1. The Morgan fingerprint density at radius 1 is 1.20 bits per heavy atom. The molecule has 15 heavy (non-hydrogen) atoms. The van der Waals surface area contributed by atoms with Gasteiger partial charge < -0.3 is 10.2 Å². The quantitative estimate of drug-likeness (QED) is 0.608. The second kappa shape index (κ2) is 8.41. The highest BCUT2D eigenvalue weighted by Crippen LogP contribution is 1.89. The molecule has 0 spiro atoms. The lowest BCUT2D eigenvalue weighted by molar-refractivity contribution is -0.127. The van der Waals surface area contributed by atoms with Crippen molar-refractivity contribution in [2.24, 2.45) is 0 Å². The number of Topliss-reactive ketones (excluding diaryl/α,β-unsaturated/α-hetero) is 1. The van der Waals surface area contributed by atoms with Crippen LogP contribution in [0.1, 0.15) is 33.6 Å². The fourth-order valence-corrected chi connectivity index (χ4v) is 1.39. The number of likely N-dealkylation sites (N-methyl/N-ethyl adjacent to an activating group) is 1. The molecule has 0 aromatic heterocycles. The van der Waals surface area contributed by atoms with Crippen LogP contribution in [0.2, 0.25) is 0 Å². The predicted octanol–water partition coefficient (Wildman–Crippen LogP) is 0.814. The van der Waals surface area contributed by atoms with Crippen molar-refractivity contribution < 1.29 is 9.59 Å². The van der Waals surface area contributed by atoms with Gasteiger partial charge in [-0.3, -0.25) is 9.59 Å². The monoisotopic (exact) mass is 214 g/mol. The fraction of sp³-hybridized carbons (Fsp3) is 0.818. The third kappa shape index (κ3) is 8.12. The van der Waals surface area contributed by atoms with Crippen LogP contribution in [-0.4, -0.2) is 42.8 Å². The summed E-state index contributed by atoms with van der Waals surface area (Å²) in [4.78, 5) is 24.0. The first-order valence-electron chi connectivity index (χ1n) is 5.58. The lowest BCUT2D eigenvalue weighted by atomic mass is 10.3. The summed E-state index contributed by atoms with van der Waals surface area (Å²) >= 11 is 0. The van der Waals surface area contributed by atoms with Gasteiger partial charge in [-0.2, -0.15) is 0 Å². The molecule has 0 atom stereocenters. The maximum Gasteiger partial charge on any atom is 0.227 e. The molecule has 0 bridgehead atoms. The number of carbonyl (C=O) groups is 2. The molecule has 0 radical (unpaired) electrons. The van der Waals surface area contributed by atoms with E-state index in [0.717, 1.165) is 26.1 Å². The van der Waals surface area contributed by atoms with Crippen LogP contribution >= 0.6 is 0 Å². The van der Waals surface area contributed by atoms with Gasteiger partial charge in [0.05, 0.1) is 6.42 Å². The van der Waals surface area contributed by atoms with Crippen molar-refractivity contribution in [2.45, 2.75) is 33.6 Å². The van der Waals surface area contributed by atoms with Gasteiger partial charge in [-0.1, -0.05) is 13.8 Å².